The van der Waals surface area contributed by atoms with Gasteiger partial charge in [0.15, 0.2) is 0 Å². The molecule has 1 atom stereocenters. The number of aromatic nitrogens is 1. The molecular weight excluding hydrogens is 228 g/mol. The van der Waals surface area contributed by atoms with Crippen LogP contribution in [0.3, 0.4) is 0 Å². The fourth-order valence-electron chi connectivity index (χ4n) is 1.92. The fraction of sp³-hybridized carbons (Fsp3) is 0.357. The summed E-state index contributed by atoms with van der Waals surface area (Å²) in [5, 5.41) is 3.54. The van der Waals surface area contributed by atoms with Crippen LogP contribution in [0.4, 0.5) is 0 Å². The molecule has 0 amide bonds. The molecule has 0 aliphatic rings. The zero-order valence-corrected chi connectivity index (χ0v) is 11.3. The molecule has 0 spiro atoms. The lowest BCUT2D eigenvalue weighted by Gasteiger charge is -2.16. The van der Waals surface area contributed by atoms with Gasteiger partial charge in [-0.15, -0.1) is 11.3 Å². The Balaban J connectivity index is 2.04. The highest BCUT2D eigenvalue weighted by molar-refractivity contribution is 7.09. The Kier molecular flexibility index (Phi) is 3.92. The maximum absolute atomic E-state index is 4.08. The molecule has 2 rings (SSSR count). The van der Waals surface area contributed by atoms with Crippen LogP contribution in [0, 0.1) is 13.8 Å². The number of hydrogen-bond donors (Lipinski definition) is 1. The highest BCUT2D eigenvalue weighted by Gasteiger charge is 2.08. The van der Waals surface area contributed by atoms with Crippen molar-refractivity contribution < 1.29 is 0 Å². The van der Waals surface area contributed by atoms with Crippen molar-refractivity contribution >= 4 is 11.3 Å². The maximum atomic E-state index is 4.08. The van der Waals surface area contributed by atoms with Crippen LogP contribution in [-0.2, 0) is 6.54 Å². The second kappa shape index (κ2) is 5.43. The summed E-state index contributed by atoms with van der Waals surface area (Å²) in [5.41, 5.74) is 5.92. The third-order valence-corrected chi connectivity index (χ3v) is 3.75. The molecule has 2 aromatic rings. The average Bonchev–Trinajstić information content (AvgIpc) is 2.82. The van der Waals surface area contributed by atoms with Crippen LogP contribution in [0.5, 0.6) is 0 Å². The number of aryl methyl sites for hydroxylation is 2. The van der Waals surface area contributed by atoms with Gasteiger partial charge in [0.05, 0.1) is 5.51 Å². The summed E-state index contributed by atoms with van der Waals surface area (Å²) in [5.74, 6) is 0. The molecule has 1 aromatic heterocycles. The van der Waals surface area contributed by atoms with Gasteiger partial charge in [-0.05, 0) is 31.9 Å². The third-order valence-electron chi connectivity index (χ3n) is 2.97. The van der Waals surface area contributed by atoms with Crippen LogP contribution in [0.25, 0.3) is 0 Å². The van der Waals surface area contributed by atoms with Crippen molar-refractivity contribution in [3.05, 3.63) is 51.5 Å². The van der Waals surface area contributed by atoms with Crippen LogP contribution in [0.1, 0.15) is 34.5 Å². The van der Waals surface area contributed by atoms with Crippen LogP contribution >= 0.6 is 11.3 Å². The minimum atomic E-state index is 0.372. The van der Waals surface area contributed by atoms with Gasteiger partial charge < -0.3 is 5.32 Å². The molecule has 17 heavy (non-hydrogen) atoms. The van der Waals surface area contributed by atoms with Crippen molar-refractivity contribution in [2.75, 3.05) is 0 Å². The normalized spacial score (nSPS) is 12.6. The van der Waals surface area contributed by atoms with E-state index in [1.54, 1.807) is 11.3 Å². The summed E-state index contributed by atoms with van der Waals surface area (Å²) in [4.78, 5) is 5.36. The number of nitrogens with one attached hydrogen (secondary N) is 1. The number of benzene rings is 1. The van der Waals surface area contributed by atoms with Gasteiger partial charge in [-0.1, -0.05) is 23.8 Å². The van der Waals surface area contributed by atoms with Gasteiger partial charge in [-0.25, -0.2) is 0 Å². The molecule has 1 aromatic carbocycles. The topological polar surface area (TPSA) is 24.9 Å². The Morgan fingerprint density at radius 2 is 2.18 bits per heavy atom. The zero-order chi connectivity index (χ0) is 12.3. The maximum Gasteiger partial charge on any atom is 0.0794 e. The smallest absolute Gasteiger partial charge is 0.0794 e. The monoisotopic (exact) mass is 246 g/mol. The SMILES string of the molecule is Cc1ccc(C)c(C(C)NCc2cncs2)c1. The Labute approximate surface area is 107 Å². The van der Waals surface area contributed by atoms with E-state index in [1.165, 1.54) is 21.6 Å². The Morgan fingerprint density at radius 1 is 1.35 bits per heavy atom. The second-order valence-corrected chi connectivity index (χ2v) is 5.40. The molecule has 3 heteroatoms. The van der Waals surface area contributed by atoms with E-state index < -0.39 is 0 Å². The summed E-state index contributed by atoms with van der Waals surface area (Å²) < 4.78 is 0. The quantitative estimate of drug-likeness (QED) is 0.891. The first kappa shape index (κ1) is 12.3. The van der Waals surface area contributed by atoms with Gasteiger partial charge >= 0.3 is 0 Å². The summed E-state index contributed by atoms with van der Waals surface area (Å²) in [6.07, 6.45) is 1.92. The molecule has 0 aliphatic heterocycles. The molecular formula is C14H18N2S. The minimum Gasteiger partial charge on any atom is -0.305 e. The molecule has 0 aliphatic carbocycles. The predicted molar refractivity (Wildman–Crippen MR) is 73.3 cm³/mol. The first-order valence-corrected chi connectivity index (χ1v) is 6.72. The molecule has 90 valence electrons. The summed E-state index contributed by atoms with van der Waals surface area (Å²) >= 11 is 1.69. The fourth-order valence-corrected chi connectivity index (χ4v) is 2.46. The second-order valence-electron chi connectivity index (χ2n) is 4.43. The summed E-state index contributed by atoms with van der Waals surface area (Å²) in [7, 11) is 0. The van der Waals surface area contributed by atoms with E-state index >= 15 is 0 Å². The van der Waals surface area contributed by atoms with Crippen molar-refractivity contribution in [3.63, 3.8) is 0 Å². The van der Waals surface area contributed by atoms with Crippen LogP contribution in [0.2, 0.25) is 0 Å². The van der Waals surface area contributed by atoms with E-state index in [-0.39, 0.29) is 0 Å². The average molecular weight is 246 g/mol. The van der Waals surface area contributed by atoms with E-state index in [0.717, 1.165) is 6.54 Å². The summed E-state index contributed by atoms with van der Waals surface area (Å²) in [6.45, 7) is 7.40. The van der Waals surface area contributed by atoms with Crippen LogP contribution in [0.15, 0.2) is 29.9 Å². The van der Waals surface area contributed by atoms with Crippen LogP contribution in [-0.4, -0.2) is 4.98 Å². The molecule has 0 fully saturated rings. The van der Waals surface area contributed by atoms with E-state index in [0.29, 0.717) is 6.04 Å². The molecule has 2 nitrogen and oxygen atoms in total. The largest absolute Gasteiger partial charge is 0.305 e. The predicted octanol–water partition coefficient (Wildman–Crippen LogP) is 3.61. The van der Waals surface area contributed by atoms with Crippen molar-refractivity contribution in [2.24, 2.45) is 0 Å². The van der Waals surface area contributed by atoms with Crippen molar-refractivity contribution in [1.29, 1.82) is 0 Å². The van der Waals surface area contributed by atoms with E-state index in [9.17, 15) is 0 Å². The zero-order valence-electron chi connectivity index (χ0n) is 10.5. The highest BCUT2D eigenvalue weighted by atomic mass is 32.1. The first-order chi connectivity index (χ1) is 8.16. The molecule has 0 saturated carbocycles. The number of thiazole rings is 1. The first-order valence-electron chi connectivity index (χ1n) is 5.84. The van der Waals surface area contributed by atoms with Crippen molar-refractivity contribution in [1.82, 2.24) is 10.3 Å². The van der Waals surface area contributed by atoms with Crippen molar-refractivity contribution in [2.45, 2.75) is 33.4 Å². The molecule has 0 bridgehead atoms. The van der Waals surface area contributed by atoms with Gasteiger partial charge in [0, 0.05) is 23.7 Å². The molecule has 1 heterocycles. The Hall–Kier alpha value is -1.19. The number of hydrogen-bond acceptors (Lipinski definition) is 3. The van der Waals surface area contributed by atoms with Gasteiger partial charge in [0.25, 0.3) is 0 Å². The van der Waals surface area contributed by atoms with E-state index in [2.05, 4.69) is 49.3 Å². The van der Waals surface area contributed by atoms with Gasteiger partial charge in [-0.3, -0.25) is 4.98 Å². The van der Waals surface area contributed by atoms with E-state index in [1.807, 2.05) is 11.7 Å². The standard InChI is InChI=1S/C14H18N2S/c1-10-4-5-11(2)14(6-10)12(3)16-8-13-7-15-9-17-13/h4-7,9,12,16H,8H2,1-3H3. The lowest BCUT2D eigenvalue weighted by Crippen LogP contribution is -2.18. The van der Waals surface area contributed by atoms with Crippen LogP contribution < -0.4 is 5.32 Å². The Bertz CT molecular complexity index is 477. The summed E-state index contributed by atoms with van der Waals surface area (Å²) in [6, 6.07) is 6.99. The van der Waals surface area contributed by atoms with E-state index in [4.69, 9.17) is 0 Å². The molecule has 1 unspecified atom stereocenters. The minimum absolute atomic E-state index is 0.372. The lowest BCUT2D eigenvalue weighted by molar-refractivity contribution is 0.575. The number of nitrogens with zero attached hydrogens (tertiary/aromatic N) is 1. The number of rotatable bonds is 4. The Morgan fingerprint density at radius 3 is 2.88 bits per heavy atom. The molecule has 1 N–H and O–H groups in total. The third kappa shape index (κ3) is 3.14. The molecule has 0 saturated heterocycles. The van der Waals surface area contributed by atoms with Gasteiger partial charge in [-0.2, -0.15) is 0 Å². The van der Waals surface area contributed by atoms with Gasteiger partial charge in [0.1, 0.15) is 0 Å². The molecule has 0 radical (unpaired) electrons. The van der Waals surface area contributed by atoms with Gasteiger partial charge in [0.2, 0.25) is 0 Å². The van der Waals surface area contributed by atoms with Crippen molar-refractivity contribution in [3.8, 4) is 0 Å². The highest BCUT2D eigenvalue weighted by Crippen LogP contribution is 2.19. The lowest BCUT2D eigenvalue weighted by atomic mass is 10.00.